The van der Waals surface area contributed by atoms with Crippen molar-refractivity contribution in [1.82, 2.24) is 14.8 Å². The summed E-state index contributed by atoms with van der Waals surface area (Å²) >= 11 is 10.6. The normalized spacial score (nSPS) is 10.6. The molecule has 3 nitrogen and oxygen atoms in total. The third-order valence-electron chi connectivity index (χ3n) is 2.05. The fourth-order valence-corrected chi connectivity index (χ4v) is 1.55. The SMILES string of the molecule is Cn1c(-c2ccc(Cl)cc2F)n[nH]c1=S. The topological polar surface area (TPSA) is 33.6 Å². The van der Waals surface area contributed by atoms with E-state index in [-0.39, 0.29) is 0 Å². The molecule has 2 rings (SSSR count). The Morgan fingerprint density at radius 1 is 1.53 bits per heavy atom. The van der Waals surface area contributed by atoms with Crippen molar-refractivity contribution in [3.05, 3.63) is 33.8 Å². The Kier molecular flexibility index (Phi) is 2.58. The Morgan fingerprint density at radius 3 is 2.80 bits per heavy atom. The largest absolute Gasteiger partial charge is 0.303 e. The van der Waals surface area contributed by atoms with E-state index in [1.54, 1.807) is 23.7 Å². The molecule has 1 N–H and O–H groups in total. The maximum atomic E-state index is 13.5. The third kappa shape index (κ3) is 1.80. The first-order valence-electron chi connectivity index (χ1n) is 4.16. The van der Waals surface area contributed by atoms with Crippen molar-refractivity contribution in [2.75, 3.05) is 0 Å². The van der Waals surface area contributed by atoms with Crippen LogP contribution in [-0.4, -0.2) is 14.8 Å². The van der Waals surface area contributed by atoms with Crippen LogP contribution < -0.4 is 0 Å². The van der Waals surface area contributed by atoms with E-state index in [1.165, 1.54) is 6.07 Å². The molecule has 0 atom stereocenters. The number of hydrogen-bond donors (Lipinski definition) is 1. The number of halogens is 2. The maximum Gasteiger partial charge on any atom is 0.195 e. The second-order valence-electron chi connectivity index (χ2n) is 3.04. The second-order valence-corrected chi connectivity index (χ2v) is 3.86. The van der Waals surface area contributed by atoms with Gasteiger partial charge in [0, 0.05) is 12.1 Å². The summed E-state index contributed by atoms with van der Waals surface area (Å²) in [5, 5.41) is 6.89. The van der Waals surface area contributed by atoms with E-state index in [2.05, 4.69) is 10.2 Å². The Morgan fingerprint density at radius 2 is 2.27 bits per heavy atom. The number of H-pyrrole nitrogens is 1. The van der Waals surface area contributed by atoms with Crippen molar-refractivity contribution in [2.24, 2.45) is 7.05 Å². The van der Waals surface area contributed by atoms with Crippen LogP contribution in [0.4, 0.5) is 4.39 Å². The molecule has 0 aliphatic carbocycles. The highest BCUT2D eigenvalue weighted by atomic mass is 35.5. The summed E-state index contributed by atoms with van der Waals surface area (Å²) < 4.78 is 15.6. The highest BCUT2D eigenvalue weighted by molar-refractivity contribution is 7.71. The minimum Gasteiger partial charge on any atom is -0.303 e. The molecule has 0 aliphatic heterocycles. The van der Waals surface area contributed by atoms with Gasteiger partial charge in [-0.15, -0.1) is 0 Å². The highest BCUT2D eigenvalue weighted by Gasteiger charge is 2.10. The lowest BCUT2D eigenvalue weighted by atomic mass is 10.2. The molecule has 2 aromatic rings. The van der Waals surface area contributed by atoms with E-state index in [9.17, 15) is 4.39 Å². The van der Waals surface area contributed by atoms with Crippen molar-refractivity contribution in [2.45, 2.75) is 0 Å². The zero-order valence-electron chi connectivity index (χ0n) is 7.79. The van der Waals surface area contributed by atoms with Gasteiger partial charge in [-0.3, -0.25) is 5.10 Å². The average Bonchev–Trinajstić information content (AvgIpc) is 2.49. The molecular formula is C9H7ClFN3S. The standard InChI is InChI=1S/C9H7ClFN3S/c1-14-8(12-13-9(14)15)6-3-2-5(10)4-7(6)11/h2-4H,1H3,(H,13,15). The third-order valence-corrected chi connectivity index (χ3v) is 2.65. The van der Waals surface area contributed by atoms with E-state index in [1.807, 2.05) is 0 Å². The van der Waals surface area contributed by atoms with Gasteiger partial charge >= 0.3 is 0 Å². The number of nitrogens with one attached hydrogen (secondary N) is 1. The number of benzene rings is 1. The van der Waals surface area contributed by atoms with E-state index in [0.29, 0.717) is 21.2 Å². The van der Waals surface area contributed by atoms with Crippen LogP contribution in [0.3, 0.4) is 0 Å². The summed E-state index contributed by atoms with van der Waals surface area (Å²) in [7, 11) is 1.72. The number of nitrogens with zero attached hydrogens (tertiary/aromatic N) is 2. The van der Waals surface area contributed by atoms with Crippen molar-refractivity contribution in [1.29, 1.82) is 0 Å². The molecule has 0 saturated carbocycles. The molecule has 0 radical (unpaired) electrons. The van der Waals surface area contributed by atoms with Crippen LogP contribution in [0.25, 0.3) is 11.4 Å². The zero-order valence-corrected chi connectivity index (χ0v) is 9.36. The van der Waals surface area contributed by atoms with Gasteiger partial charge < -0.3 is 4.57 Å². The molecule has 15 heavy (non-hydrogen) atoms. The molecule has 1 aromatic heterocycles. The van der Waals surface area contributed by atoms with Crippen molar-refractivity contribution in [3.63, 3.8) is 0 Å². The van der Waals surface area contributed by atoms with Crippen LogP contribution >= 0.6 is 23.8 Å². The Hall–Kier alpha value is -1.20. The molecule has 6 heteroatoms. The molecule has 0 fully saturated rings. The van der Waals surface area contributed by atoms with E-state index >= 15 is 0 Å². The first kappa shape index (κ1) is 10.3. The van der Waals surface area contributed by atoms with E-state index in [0.717, 1.165) is 0 Å². The maximum absolute atomic E-state index is 13.5. The fraction of sp³-hybridized carbons (Fsp3) is 0.111. The van der Waals surface area contributed by atoms with Crippen LogP contribution in [-0.2, 0) is 7.05 Å². The second kappa shape index (κ2) is 3.75. The lowest BCUT2D eigenvalue weighted by Gasteiger charge is -2.02. The predicted octanol–water partition coefficient (Wildman–Crippen LogP) is 2.94. The van der Waals surface area contributed by atoms with Gasteiger partial charge in [0.05, 0.1) is 5.56 Å². The Labute approximate surface area is 95.5 Å². The molecular weight excluding hydrogens is 237 g/mol. The summed E-state index contributed by atoms with van der Waals surface area (Å²) in [5.74, 6) is 0.0359. The lowest BCUT2D eigenvalue weighted by Crippen LogP contribution is -1.94. The van der Waals surface area contributed by atoms with E-state index in [4.69, 9.17) is 23.8 Å². The van der Waals surface area contributed by atoms with Gasteiger partial charge in [-0.05, 0) is 30.4 Å². The molecule has 1 heterocycles. The summed E-state index contributed by atoms with van der Waals surface area (Å²) in [5.41, 5.74) is 0.370. The van der Waals surface area contributed by atoms with Crippen molar-refractivity contribution in [3.8, 4) is 11.4 Å². The van der Waals surface area contributed by atoms with Crippen LogP contribution in [0.15, 0.2) is 18.2 Å². The molecule has 0 spiro atoms. The smallest absolute Gasteiger partial charge is 0.195 e. The van der Waals surface area contributed by atoms with Gasteiger partial charge in [-0.1, -0.05) is 11.6 Å². The van der Waals surface area contributed by atoms with E-state index < -0.39 is 5.82 Å². The summed E-state index contributed by atoms with van der Waals surface area (Å²) in [6.07, 6.45) is 0. The molecule has 1 aromatic carbocycles. The lowest BCUT2D eigenvalue weighted by molar-refractivity contribution is 0.628. The van der Waals surface area contributed by atoms with Crippen molar-refractivity contribution < 1.29 is 4.39 Å². The summed E-state index contributed by atoms with van der Waals surface area (Å²) in [6, 6.07) is 4.43. The minimum absolute atomic E-state index is 0.355. The van der Waals surface area contributed by atoms with Gasteiger partial charge in [0.25, 0.3) is 0 Å². The van der Waals surface area contributed by atoms with Crippen LogP contribution in [0, 0.1) is 10.6 Å². The fourth-order valence-electron chi connectivity index (χ4n) is 1.26. The van der Waals surface area contributed by atoms with Gasteiger partial charge in [-0.25, -0.2) is 4.39 Å². The summed E-state index contributed by atoms with van der Waals surface area (Å²) in [4.78, 5) is 0. The molecule has 0 aliphatic rings. The number of rotatable bonds is 1. The highest BCUT2D eigenvalue weighted by Crippen LogP contribution is 2.23. The molecule has 0 unspecified atom stereocenters. The first-order valence-corrected chi connectivity index (χ1v) is 4.95. The van der Waals surface area contributed by atoms with Crippen LogP contribution in [0.2, 0.25) is 5.02 Å². The van der Waals surface area contributed by atoms with Gasteiger partial charge in [0.2, 0.25) is 0 Å². The number of aromatic nitrogens is 3. The Balaban J connectivity index is 2.64. The Bertz CT molecular complexity index is 561. The first-order chi connectivity index (χ1) is 7.09. The van der Waals surface area contributed by atoms with Crippen molar-refractivity contribution >= 4 is 23.8 Å². The number of hydrogen-bond acceptors (Lipinski definition) is 2. The van der Waals surface area contributed by atoms with Gasteiger partial charge in [0.15, 0.2) is 10.6 Å². The molecule has 78 valence electrons. The van der Waals surface area contributed by atoms with Gasteiger partial charge in [0.1, 0.15) is 5.82 Å². The molecule has 0 amide bonds. The molecule has 0 bridgehead atoms. The summed E-state index contributed by atoms with van der Waals surface area (Å²) in [6.45, 7) is 0. The quantitative estimate of drug-likeness (QED) is 0.782. The minimum atomic E-state index is -0.417. The monoisotopic (exact) mass is 243 g/mol. The van der Waals surface area contributed by atoms with Crippen LogP contribution in [0.1, 0.15) is 0 Å². The number of aromatic amines is 1. The average molecular weight is 244 g/mol. The predicted molar refractivity (Wildman–Crippen MR) is 58.8 cm³/mol. The van der Waals surface area contributed by atoms with Gasteiger partial charge in [-0.2, -0.15) is 5.10 Å². The zero-order chi connectivity index (χ0) is 11.0. The molecule has 0 saturated heterocycles. The van der Waals surface area contributed by atoms with Crippen LogP contribution in [0.5, 0.6) is 0 Å².